The average molecular weight is 258 g/mol. The first kappa shape index (κ1) is 12.3. The van der Waals surface area contributed by atoms with E-state index in [0.29, 0.717) is 12.5 Å². The fourth-order valence-electron chi connectivity index (χ4n) is 1.66. The number of halogens is 1. The SMILES string of the molecule is CN(CC1CC1)S(=O)(=O)c1ccc(N)cc1F. The molecule has 17 heavy (non-hydrogen) atoms. The Kier molecular flexibility index (Phi) is 3.09. The third kappa shape index (κ3) is 2.58. The van der Waals surface area contributed by atoms with Gasteiger partial charge in [-0.1, -0.05) is 0 Å². The van der Waals surface area contributed by atoms with Gasteiger partial charge in [0.2, 0.25) is 10.0 Å². The molecule has 2 rings (SSSR count). The highest BCUT2D eigenvalue weighted by molar-refractivity contribution is 7.89. The van der Waals surface area contributed by atoms with Crippen molar-refractivity contribution in [3.05, 3.63) is 24.0 Å². The van der Waals surface area contributed by atoms with Gasteiger partial charge < -0.3 is 5.73 Å². The summed E-state index contributed by atoms with van der Waals surface area (Å²) in [6, 6.07) is 3.63. The molecule has 2 N–H and O–H groups in total. The van der Waals surface area contributed by atoms with E-state index in [9.17, 15) is 12.8 Å². The molecule has 94 valence electrons. The maximum absolute atomic E-state index is 13.6. The van der Waals surface area contributed by atoms with Crippen molar-refractivity contribution in [1.29, 1.82) is 0 Å². The standard InChI is InChI=1S/C11H15FN2O2S/c1-14(7-8-2-3-8)17(15,16)11-5-4-9(13)6-10(11)12/h4-6,8H,2-3,7,13H2,1H3. The van der Waals surface area contributed by atoms with Crippen molar-refractivity contribution in [3.63, 3.8) is 0 Å². The van der Waals surface area contributed by atoms with Gasteiger partial charge in [-0.15, -0.1) is 0 Å². The monoisotopic (exact) mass is 258 g/mol. The summed E-state index contributed by atoms with van der Waals surface area (Å²) in [5.74, 6) is -0.376. The Morgan fingerprint density at radius 1 is 1.47 bits per heavy atom. The van der Waals surface area contributed by atoms with Gasteiger partial charge in [-0.3, -0.25) is 0 Å². The molecule has 0 heterocycles. The Bertz CT molecular complexity index is 526. The molecule has 0 saturated heterocycles. The Morgan fingerprint density at radius 3 is 2.65 bits per heavy atom. The first-order chi connectivity index (χ1) is 7.91. The van der Waals surface area contributed by atoms with Gasteiger partial charge in [-0.2, -0.15) is 0 Å². The lowest BCUT2D eigenvalue weighted by atomic mass is 10.3. The molecule has 1 aliphatic rings. The lowest BCUT2D eigenvalue weighted by Gasteiger charge is -2.17. The lowest BCUT2D eigenvalue weighted by Crippen LogP contribution is -2.29. The van der Waals surface area contributed by atoms with Gasteiger partial charge in [0.1, 0.15) is 10.7 Å². The van der Waals surface area contributed by atoms with Crippen LogP contribution < -0.4 is 5.73 Å². The van der Waals surface area contributed by atoms with Crippen molar-refractivity contribution in [2.75, 3.05) is 19.3 Å². The molecule has 6 heteroatoms. The van der Waals surface area contributed by atoms with Gasteiger partial charge in [-0.05, 0) is 37.0 Å². The number of sulfonamides is 1. The molecule has 1 fully saturated rings. The molecule has 0 aliphatic heterocycles. The molecule has 0 spiro atoms. The van der Waals surface area contributed by atoms with Gasteiger partial charge in [-0.25, -0.2) is 17.1 Å². The number of nitrogens with zero attached hydrogens (tertiary/aromatic N) is 1. The molecule has 0 aromatic heterocycles. The van der Waals surface area contributed by atoms with E-state index >= 15 is 0 Å². The first-order valence-corrected chi connectivity index (χ1v) is 6.86. The zero-order valence-corrected chi connectivity index (χ0v) is 10.4. The van der Waals surface area contributed by atoms with E-state index < -0.39 is 15.8 Å². The molecular formula is C11H15FN2O2S. The van der Waals surface area contributed by atoms with Crippen LogP contribution in [0.4, 0.5) is 10.1 Å². The fourth-order valence-corrected chi connectivity index (χ4v) is 2.94. The van der Waals surface area contributed by atoms with E-state index in [0.717, 1.165) is 18.9 Å². The Morgan fingerprint density at radius 2 is 2.12 bits per heavy atom. The summed E-state index contributed by atoms with van der Waals surface area (Å²) in [4.78, 5) is -0.310. The summed E-state index contributed by atoms with van der Waals surface area (Å²) in [6.07, 6.45) is 2.09. The number of hydrogen-bond acceptors (Lipinski definition) is 3. The highest BCUT2D eigenvalue weighted by Gasteiger charge is 2.30. The lowest BCUT2D eigenvalue weighted by molar-refractivity contribution is 0.447. The summed E-state index contributed by atoms with van der Waals surface area (Å²) in [7, 11) is -2.26. The van der Waals surface area contributed by atoms with E-state index in [4.69, 9.17) is 5.73 Å². The van der Waals surface area contributed by atoms with E-state index in [1.807, 2.05) is 0 Å². The Hall–Kier alpha value is -1.14. The normalized spacial score (nSPS) is 16.4. The third-order valence-electron chi connectivity index (χ3n) is 2.86. The van der Waals surface area contributed by atoms with Crippen molar-refractivity contribution in [3.8, 4) is 0 Å². The molecular weight excluding hydrogens is 243 g/mol. The minimum atomic E-state index is -3.74. The maximum Gasteiger partial charge on any atom is 0.245 e. The topological polar surface area (TPSA) is 63.4 Å². The minimum absolute atomic E-state index is 0.214. The predicted octanol–water partition coefficient (Wildman–Crippen LogP) is 1.44. The molecule has 1 aliphatic carbocycles. The highest BCUT2D eigenvalue weighted by Crippen LogP contribution is 2.31. The third-order valence-corrected chi connectivity index (χ3v) is 4.71. The Balaban J connectivity index is 2.29. The van der Waals surface area contributed by atoms with Crippen LogP contribution in [0.15, 0.2) is 23.1 Å². The van der Waals surface area contributed by atoms with E-state index in [2.05, 4.69) is 0 Å². The van der Waals surface area contributed by atoms with Gasteiger partial charge >= 0.3 is 0 Å². The van der Waals surface area contributed by atoms with Crippen LogP contribution in [0.1, 0.15) is 12.8 Å². The van der Waals surface area contributed by atoms with Crippen molar-refractivity contribution >= 4 is 15.7 Å². The van der Waals surface area contributed by atoms with Crippen LogP contribution in [0.3, 0.4) is 0 Å². The van der Waals surface area contributed by atoms with E-state index in [-0.39, 0.29) is 10.6 Å². The predicted molar refractivity (Wildman–Crippen MR) is 63.4 cm³/mol. The van der Waals surface area contributed by atoms with Crippen LogP contribution in [0, 0.1) is 11.7 Å². The number of nitrogens with two attached hydrogens (primary N) is 1. The minimum Gasteiger partial charge on any atom is -0.399 e. The molecule has 0 unspecified atom stereocenters. The zero-order valence-electron chi connectivity index (χ0n) is 9.56. The molecule has 4 nitrogen and oxygen atoms in total. The summed E-state index contributed by atoms with van der Waals surface area (Å²) in [5, 5.41) is 0. The van der Waals surface area contributed by atoms with Crippen molar-refractivity contribution in [1.82, 2.24) is 4.31 Å². The summed E-state index contributed by atoms with van der Waals surface area (Å²) < 4.78 is 38.9. The van der Waals surface area contributed by atoms with E-state index in [1.165, 1.54) is 23.5 Å². The van der Waals surface area contributed by atoms with Crippen LogP contribution in [-0.4, -0.2) is 26.3 Å². The maximum atomic E-state index is 13.6. The second-order valence-electron chi connectivity index (χ2n) is 4.42. The zero-order chi connectivity index (χ0) is 12.6. The van der Waals surface area contributed by atoms with E-state index in [1.54, 1.807) is 0 Å². The van der Waals surface area contributed by atoms with Gasteiger partial charge in [0.15, 0.2) is 0 Å². The summed E-state index contributed by atoms with van der Waals surface area (Å²) in [6.45, 7) is 0.451. The Labute approximate surface area is 100 Å². The van der Waals surface area contributed by atoms with Crippen molar-refractivity contribution in [2.24, 2.45) is 5.92 Å². The first-order valence-electron chi connectivity index (χ1n) is 5.42. The molecule has 0 atom stereocenters. The number of benzene rings is 1. The number of hydrogen-bond donors (Lipinski definition) is 1. The average Bonchev–Trinajstić information content (AvgIpc) is 3.00. The smallest absolute Gasteiger partial charge is 0.245 e. The fraction of sp³-hybridized carbons (Fsp3) is 0.455. The van der Waals surface area contributed by atoms with Crippen molar-refractivity contribution in [2.45, 2.75) is 17.7 Å². The van der Waals surface area contributed by atoms with Crippen LogP contribution in [0.25, 0.3) is 0 Å². The molecule has 1 aromatic rings. The molecule has 1 aromatic carbocycles. The van der Waals surface area contributed by atoms with Crippen LogP contribution in [0.5, 0.6) is 0 Å². The molecule has 1 saturated carbocycles. The van der Waals surface area contributed by atoms with Crippen LogP contribution in [-0.2, 0) is 10.0 Å². The molecule has 0 amide bonds. The highest BCUT2D eigenvalue weighted by atomic mass is 32.2. The second-order valence-corrected chi connectivity index (χ2v) is 6.43. The van der Waals surface area contributed by atoms with Gasteiger partial charge in [0, 0.05) is 19.3 Å². The quantitative estimate of drug-likeness (QED) is 0.831. The number of anilines is 1. The van der Waals surface area contributed by atoms with Crippen LogP contribution in [0.2, 0.25) is 0 Å². The largest absolute Gasteiger partial charge is 0.399 e. The van der Waals surface area contributed by atoms with Crippen LogP contribution >= 0.6 is 0 Å². The van der Waals surface area contributed by atoms with Gasteiger partial charge in [0.05, 0.1) is 0 Å². The van der Waals surface area contributed by atoms with Crippen molar-refractivity contribution < 1.29 is 12.8 Å². The second kappa shape index (κ2) is 4.27. The van der Waals surface area contributed by atoms with Gasteiger partial charge in [0.25, 0.3) is 0 Å². The summed E-state index contributed by atoms with van der Waals surface area (Å²) >= 11 is 0. The summed E-state index contributed by atoms with van der Waals surface area (Å²) in [5.41, 5.74) is 5.60. The molecule has 0 radical (unpaired) electrons. The number of nitrogen functional groups attached to an aromatic ring is 1. The molecule has 0 bridgehead atoms. The number of rotatable bonds is 4.